The molecule has 36 heavy (non-hydrogen) atoms. The second kappa shape index (κ2) is 8.90. The van der Waals surface area contributed by atoms with Gasteiger partial charge in [-0.25, -0.2) is 9.59 Å². The van der Waals surface area contributed by atoms with E-state index < -0.39 is 69.0 Å². The van der Waals surface area contributed by atoms with E-state index in [-0.39, 0.29) is 22.5 Å². The summed E-state index contributed by atoms with van der Waals surface area (Å²) in [5.41, 5.74) is -1.12. The van der Waals surface area contributed by atoms with E-state index in [2.05, 4.69) is 0 Å². The number of ether oxygens (including phenoxy) is 2. The van der Waals surface area contributed by atoms with Gasteiger partial charge in [-0.1, -0.05) is 0 Å². The van der Waals surface area contributed by atoms with Crippen LogP contribution in [0.2, 0.25) is 0 Å². The minimum Gasteiger partial charge on any atom is -0.451 e. The van der Waals surface area contributed by atoms with Crippen LogP contribution in [0.1, 0.15) is 20.7 Å². The van der Waals surface area contributed by atoms with Gasteiger partial charge in [0.25, 0.3) is 22.9 Å². The average molecular weight is 496 g/mol. The molecule has 0 spiro atoms. The van der Waals surface area contributed by atoms with Crippen LogP contribution in [0.25, 0.3) is 0 Å². The third kappa shape index (κ3) is 4.00. The smallest absolute Gasteiger partial charge is 0.376 e. The third-order valence-corrected chi connectivity index (χ3v) is 5.72. The summed E-state index contributed by atoms with van der Waals surface area (Å²) in [6, 6.07) is 8.12. The van der Waals surface area contributed by atoms with Crippen LogP contribution < -0.4 is 0 Å². The van der Waals surface area contributed by atoms with Crippen LogP contribution in [0.15, 0.2) is 48.5 Å². The van der Waals surface area contributed by atoms with Crippen LogP contribution in [0, 0.1) is 32.1 Å². The molecule has 2 heterocycles. The van der Waals surface area contributed by atoms with Crippen LogP contribution in [-0.2, 0) is 28.7 Å². The molecule has 0 aliphatic carbocycles. The highest BCUT2D eigenvalue weighted by Crippen LogP contribution is 2.35. The highest BCUT2D eigenvalue weighted by Gasteiger charge is 2.60. The molecule has 4 unspecified atom stereocenters. The largest absolute Gasteiger partial charge is 0.451 e. The molecule has 182 valence electrons. The highest BCUT2D eigenvalue weighted by molar-refractivity contribution is 6.43. The van der Waals surface area contributed by atoms with Crippen LogP contribution in [0.4, 0.5) is 11.4 Å². The van der Waals surface area contributed by atoms with Crippen molar-refractivity contribution in [1.29, 1.82) is 0 Å². The number of benzene rings is 2. The molecule has 2 aromatic carbocycles. The molecule has 0 saturated carbocycles. The van der Waals surface area contributed by atoms with Crippen LogP contribution in [0.5, 0.6) is 0 Å². The van der Waals surface area contributed by atoms with E-state index in [1.807, 2.05) is 0 Å². The Labute approximate surface area is 199 Å². The van der Waals surface area contributed by atoms with E-state index in [1.54, 1.807) is 0 Å². The first-order valence-corrected chi connectivity index (χ1v) is 10.1. The fourth-order valence-corrected chi connectivity index (χ4v) is 3.96. The van der Waals surface area contributed by atoms with E-state index in [0.29, 0.717) is 0 Å². The van der Waals surface area contributed by atoms with E-state index in [4.69, 9.17) is 9.47 Å². The Bertz CT molecular complexity index is 1260. The molecule has 2 aliphatic rings. The molecule has 2 fully saturated rings. The van der Waals surface area contributed by atoms with Gasteiger partial charge in [0.05, 0.1) is 9.85 Å². The normalized spacial score (nSPS) is 23.2. The lowest BCUT2D eigenvalue weighted by molar-refractivity contribution is -0.385. The maximum absolute atomic E-state index is 13.1. The summed E-state index contributed by atoms with van der Waals surface area (Å²) in [4.78, 5) is 95.5. The average Bonchev–Trinajstić information content (AvgIpc) is 3.32. The number of hydrogen-bond acceptors (Lipinski definition) is 12. The maximum atomic E-state index is 13.1. The van der Waals surface area contributed by atoms with Crippen molar-refractivity contribution in [2.24, 2.45) is 11.8 Å². The van der Waals surface area contributed by atoms with Gasteiger partial charge < -0.3 is 9.47 Å². The van der Waals surface area contributed by atoms with Crippen molar-refractivity contribution in [1.82, 2.24) is 0 Å². The number of non-ortho nitro benzene ring substituents is 2. The lowest BCUT2D eigenvalue weighted by atomic mass is 9.81. The fraction of sp³-hybridized carbons (Fsp3) is 0.182. The lowest BCUT2D eigenvalue weighted by Crippen LogP contribution is -2.44. The van der Waals surface area contributed by atoms with Gasteiger partial charge in [-0.2, -0.15) is 0 Å². The molecular formula is C22H12N2O12. The number of carbonyl (C=O) groups excluding carboxylic acids is 6. The Balaban J connectivity index is 1.68. The number of esters is 2. The molecule has 0 aromatic heterocycles. The van der Waals surface area contributed by atoms with Gasteiger partial charge in [0, 0.05) is 35.4 Å². The van der Waals surface area contributed by atoms with Gasteiger partial charge in [-0.15, -0.1) is 0 Å². The van der Waals surface area contributed by atoms with Gasteiger partial charge in [0.2, 0.25) is 0 Å². The quantitative estimate of drug-likeness (QED) is 0.130. The Morgan fingerprint density at radius 2 is 0.917 bits per heavy atom. The van der Waals surface area contributed by atoms with Gasteiger partial charge in [0.1, 0.15) is 11.8 Å². The van der Waals surface area contributed by atoms with Crippen molar-refractivity contribution in [2.75, 3.05) is 0 Å². The lowest BCUT2D eigenvalue weighted by Gasteiger charge is -2.24. The van der Waals surface area contributed by atoms with Crippen LogP contribution >= 0.6 is 0 Å². The number of nitro groups is 2. The molecule has 4 rings (SSSR count). The van der Waals surface area contributed by atoms with E-state index in [9.17, 15) is 49.0 Å². The second-order valence-electron chi connectivity index (χ2n) is 7.76. The Hall–Kier alpha value is -5.14. The Kier molecular flexibility index (Phi) is 5.93. The number of hydrogen-bond donors (Lipinski definition) is 0. The van der Waals surface area contributed by atoms with Crippen LogP contribution in [-0.4, -0.2) is 57.1 Å². The zero-order valence-corrected chi connectivity index (χ0v) is 17.7. The SMILES string of the molecule is O=C1OC(C2OC(=O)C(=O)C2C(=O)c2ccc([N+](=O)[O-])cc2)C(C(=O)c2ccc([N+](=O)[O-])cc2)C1=O. The second-order valence-corrected chi connectivity index (χ2v) is 7.76. The first kappa shape index (κ1) is 24.0. The number of nitrogens with zero attached hydrogens (tertiary/aromatic N) is 2. The zero-order valence-electron chi connectivity index (χ0n) is 17.7. The summed E-state index contributed by atoms with van der Waals surface area (Å²) in [7, 11) is 0. The minimum absolute atomic E-state index is 0.212. The number of ketones is 4. The predicted octanol–water partition coefficient (Wildman–Crippen LogP) is 0.790. The van der Waals surface area contributed by atoms with Gasteiger partial charge in [0.15, 0.2) is 23.8 Å². The summed E-state index contributed by atoms with van der Waals surface area (Å²) in [6.45, 7) is 0. The number of carbonyl (C=O) groups is 6. The Morgan fingerprint density at radius 1 is 0.611 bits per heavy atom. The van der Waals surface area contributed by atoms with Gasteiger partial charge in [-0.3, -0.25) is 39.4 Å². The number of nitro benzene ring substituents is 2. The summed E-state index contributed by atoms with van der Waals surface area (Å²) >= 11 is 0. The highest BCUT2D eigenvalue weighted by atomic mass is 16.6. The molecule has 4 atom stereocenters. The van der Waals surface area contributed by atoms with E-state index in [1.165, 1.54) is 0 Å². The molecule has 14 nitrogen and oxygen atoms in total. The summed E-state index contributed by atoms with van der Waals surface area (Å²) in [5, 5.41) is 21.7. The first-order chi connectivity index (χ1) is 17.0. The number of cyclic esters (lactones) is 2. The summed E-state index contributed by atoms with van der Waals surface area (Å²) in [6.07, 6.45) is -3.68. The van der Waals surface area contributed by atoms with Crippen LogP contribution in [0.3, 0.4) is 0 Å². The van der Waals surface area contributed by atoms with Gasteiger partial charge in [-0.05, 0) is 24.3 Å². The molecule has 2 aliphatic heterocycles. The molecule has 14 heteroatoms. The molecular weight excluding hydrogens is 484 g/mol. The topological polar surface area (TPSA) is 207 Å². The number of rotatable bonds is 7. The fourth-order valence-electron chi connectivity index (χ4n) is 3.96. The molecule has 2 saturated heterocycles. The first-order valence-electron chi connectivity index (χ1n) is 10.1. The zero-order chi connectivity index (χ0) is 26.3. The van der Waals surface area contributed by atoms with Crippen molar-refractivity contribution >= 4 is 46.4 Å². The van der Waals surface area contributed by atoms with E-state index in [0.717, 1.165) is 48.5 Å². The minimum atomic E-state index is -1.91. The molecule has 0 radical (unpaired) electrons. The molecule has 0 amide bonds. The van der Waals surface area contributed by atoms with Gasteiger partial charge >= 0.3 is 11.9 Å². The Morgan fingerprint density at radius 3 is 1.19 bits per heavy atom. The van der Waals surface area contributed by atoms with Crippen molar-refractivity contribution in [3.05, 3.63) is 79.9 Å². The van der Waals surface area contributed by atoms with Crippen molar-refractivity contribution < 1.29 is 48.1 Å². The molecule has 2 aromatic rings. The van der Waals surface area contributed by atoms with Crippen molar-refractivity contribution in [3.63, 3.8) is 0 Å². The summed E-state index contributed by atoms with van der Waals surface area (Å²) < 4.78 is 9.90. The molecule has 0 N–H and O–H groups in total. The predicted molar refractivity (Wildman–Crippen MR) is 112 cm³/mol. The summed E-state index contributed by atoms with van der Waals surface area (Å²) in [5.74, 6) is -11.4. The standard InChI is InChI=1S/C22H12N2O12/c25-15(9-1-5-11(6-2-9)23(31)32)13-17(27)21(29)35-19(13)20-14(18(28)22(30)36-20)16(26)10-3-7-12(8-4-10)24(33)34/h1-8,13-14,19-20H. The van der Waals surface area contributed by atoms with Crippen molar-refractivity contribution in [2.45, 2.75) is 12.2 Å². The number of Topliss-reactive ketones (excluding diaryl/α,β-unsaturated/α-hetero) is 4. The van der Waals surface area contributed by atoms with E-state index >= 15 is 0 Å². The monoisotopic (exact) mass is 496 g/mol. The molecule has 0 bridgehead atoms. The third-order valence-electron chi connectivity index (χ3n) is 5.72. The van der Waals surface area contributed by atoms with Crippen molar-refractivity contribution in [3.8, 4) is 0 Å². The maximum Gasteiger partial charge on any atom is 0.376 e.